The molecule has 0 heterocycles. The monoisotopic (exact) mass is 350 g/mol. The zero-order chi connectivity index (χ0) is 12.0. The first-order valence-corrected chi connectivity index (χ1v) is 7.04. The van der Waals surface area contributed by atoms with E-state index in [0.29, 0.717) is 4.47 Å². The minimum absolute atomic E-state index is 0.213. The van der Waals surface area contributed by atoms with Crippen LogP contribution in [-0.4, -0.2) is 11.7 Å². The van der Waals surface area contributed by atoms with Crippen LogP contribution in [0.2, 0.25) is 0 Å². The second-order valence-electron chi connectivity index (χ2n) is 3.64. The zero-order valence-electron chi connectivity index (χ0n) is 9.30. The molecule has 0 fully saturated rings. The maximum atomic E-state index is 9.43. The summed E-state index contributed by atoms with van der Waals surface area (Å²) in [7, 11) is 0. The van der Waals surface area contributed by atoms with E-state index in [0.717, 1.165) is 23.2 Å². The van der Waals surface area contributed by atoms with E-state index in [-0.39, 0.29) is 5.75 Å². The number of hydrogen-bond acceptors (Lipinski definition) is 2. The molecule has 2 nitrogen and oxygen atoms in total. The first kappa shape index (κ1) is 13.8. The highest BCUT2D eigenvalue weighted by Gasteiger charge is 2.06. The predicted molar refractivity (Wildman–Crippen MR) is 73.1 cm³/mol. The number of halogens is 2. The van der Waals surface area contributed by atoms with Crippen molar-refractivity contribution in [2.24, 2.45) is 0 Å². The van der Waals surface area contributed by atoms with Crippen molar-refractivity contribution in [1.29, 1.82) is 0 Å². The van der Waals surface area contributed by atoms with Gasteiger partial charge in [-0.25, -0.2) is 0 Å². The molecule has 0 aromatic heterocycles. The van der Waals surface area contributed by atoms with E-state index in [2.05, 4.69) is 38.8 Å². The Hall–Kier alpha value is -0.220. The molecule has 0 aliphatic heterocycles. The number of phenols is 1. The van der Waals surface area contributed by atoms with Crippen molar-refractivity contribution in [3.8, 4) is 11.5 Å². The summed E-state index contributed by atoms with van der Waals surface area (Å²) in [4.78, 5) is 0. The van der Waals surface area contributed by atoms with Gasteiger partial charge in [0, 0.05) is 0 Å². The molecule has 4 heteroatoms. The molecule has 0 saturated heterocycles. The minimum atomic E-state index is 0.213. The molecule has 0 radical (unpaired) electrons. The number of aromatic hydroxyl groups is 1. The van der Waals surface area contributed by atoms with E-state index in [4.69, 9.17) is 4.74 Å². The second kappa shape index (κ2) is 7.17. The highest BCUT2D eigenvalue weighted by atomic mass is 79.9. The van der Waals surface area contributed by atoms with E-state index >= 15 is 0 Å². The topological polar surface area (TPSA) is 29.5 Å². The van der Waals surface area contributed by atoms with Crippen LogP contribution in [0.1, 0.15) is 32.6 Å². The van der Waals surface area contributed by atoms with Gasteiger partial charge in [0.25, 0.3) is 0 Å². The lowest BCUT2D eigenvalue weighted by Gasteiger charge is -2.09. The molecule has 0 atom stereocenters. The largest absolute Gasteiger partial charge is 0.507 e. The standard InChI is InChI=1S/C12H16Br2O2/c1-2-3-4-5-6-16-12-8-9(13)11(15)7-10(12)14/h7-8,15H,2-6H2,1H3. The average molecular weight is 352 g/mol. The fourth-order valence-electron chi connectivity index (χ4n) is 1.34. The van der Waals surface area contributed by atoms with Crippen molar-refractivity contribution in [3.05, 3.63) is 21.1 Å². The van der Waals surface area contributed by atoms with Crippen LogP contribution >= 0.6 is 31.9 Å². The van der Waals surface area contributed by atoms with Crippen molar-refractivity contribution < 1.29 is 9.84 Å². The van der Waals surface area contributed by atoms with Crippen LogP contribution in [0.3, 0.4) is 0 Å². The van der Waals surface area contributed by atoms with Gasteiger partial charge < -0.3 is 9.84 Å². The molecule has 16 heavy (non-hydrogen) atoms. The molecular weight excluding hydrogens is 336 g/mol. The van der Waals surface area contributed by atoms with Crippen LogP contribution in [0.5, 0.6) is 11.5 Å². The summed E-state index contributed by atoms with van der Waals surface area (Å²) in [6, 6.07) is 3.41. The van der Waals surface area contributed by atoms with E-state index in [1.807, 2.05) is 0 Å². The maximum absolute atomic E-state index is 9.43. The van der Waals surface area contributed by atoms with Crippen LogP contribution in [0.15, 0.2) is 21.1 Å². The van der Waals surface area contributed by atoms with Crippen LogP contribution in [-0.2, 0) is 0 Å². The maximum Gasteiger partial charge on any atom is 0.134 e. The van der Waals surface area contributed by atoms with Crippen LogP contribution in [0, 0.1) is 0 Å². The van der Waals surface area contributed by atoms with Gasteiger partial charge in [-0.15, -0.1) is 0 Å². The Bertz CT molecular complexity index is 340. The Labute approximate surface area is 113 Å². The number of rotatable bonds is 6. The van der Waals surface area contributed by atoms with E-state index in [1.54, 1.807) is 12.1 Å². The fraction of sp³-hybridized carbons (Fsp3) is 0.500. The van der Waals surface area contributed by atoms with Gasteiger partial charge >= 0.3 is 0 Å². The molecule has 0 amide bonds. The van der Waals surface area contributed by atoms with Crippen molar-refractivity contribution in [2.75, 3.05) is 6.61 Å². The van der Waals surface area contributed by atoms with Crippen LogP contribution in [0.4, 0.5) is 0 Å². The molecule has 1 aromatic rings. The molecule has 0 unspecified atom stereocenters. The lowest BCUT2D eigenvalue weighted by Crippen LogP contribution is -1.97. The normalized spacial score (nSPS) is 10.4. The summed E-state index contributed by atoms with van der Waals surface area (Å²) in [5.74, 6) is 0.978. The summed E-state index contributed by atoms with van der Waals surface area (Å²) in [6.07, 6.45) is 4.75. The van der Waals surface area contributed by atoms with Gasteiger partial charge in [-0.2, -0.15) is 0 Å². The van der Waals surface area contributed by atoms with Crippen LogP contribution < -0.4 is 4.74 Å². The van der Waals surface area contributed by atoms with E-state index in [1.165, 1.54) is 19.3 Å². The third-order valence-electron chi connectivity index (χ3n) is 2.26. The lowest BCUT2D eigenvalue weighted by molar-refractivity contribution is 0.302. The quantitative estimate of drug-likeness (QED) is 0.740. The SMILES string of the molecule is CCCCCCOc1cc(Br)c(O)cc1Br. The minimum Gasteiger partial charge on any atom is -0.507 e. The molecule has 1 N–H and O–H groups in total. The summed E-state index contributed by atoms with van der Waals surface area (Å²) in [5.41, 5.74) is 0. The van der Waals surface area contributed by atoms with Crippen molar-refractivity contribution >= 4 is 31.9 Å². The molecule has 90 valence electrons. The van der Waals surface area contributed by atoms with Gasteiger partial charge in [0.05, 0.1) is 15.6 Å². The number of hydrogen-bond donors (Lipinski definition) is 1. The first-order valence-electron chi connectivity index (χ1n) is 5.46. The Kier molecular flexibility index (Phi) is 6.21. The second-order valence-corrected chi connectivity index (χ2v) is 5.35. The Balaban J connectivity index is 2.45. The van der Waals surface area contributed by atoms with Crippen molar-refractivity contribution in [2.45, 2.75) is 32.6 Å². The fourth-order valence-corrected chi connectivity index (χ4v) is 2.11. The zero-order valence-corrected chi connectivity index (χ0v) is 12.5. The number of ether oxygens (including phenoxy) is 1. The summed E-state index contributed by atoms with van der Waals surface area (Å²) < 4.78 is 7.06. The lowest BCUT2D eigenvalue weighted by atomic mass is 10.2. The third-order valence-corrected chi connectivity index (χ3v) is 3.51. The smallest absolute Gasteiger partial charge is 0.134 e. The Morgan fingerprint density at radius 1 is 1.12 bits per heavy atom. The van der Waals surface area contributed by atoms with Gasteiger partial charge in [-0.05, 0) is 50.4 Å². The molecule has 0 aliphatic carbocycles. The number of phenolic OH excluding ortho intramolecular Hbond substituents is 1. The van der Waals surface area contributed by atoms with Gasteiger partial charge in [-0.3, -0.25) is 0 Å². The van der Waals surface area contributed by atoms with Gasteiger partial charge in [0.2, 0.25) is 0 Å². The first-order chi connectivity index (χ1) is 7.65. The molecule has 0 saturated carbocycles. The molecule has 0 bridgehead atoms. The third kappa shape index (κ3) is 4.34. The number of unbranched alkanes of at least 4 members (excludes halogenated alkanes) is 3. The van der Waals surface area contributed by atoms with E-state index < -0.39 is 0 Å². The molecule has 1 aromatic carbocycles. The van der Waals surface area contributed by atoms with Crippen molar-refractivity contribution in [1.82, 2.24) is 0 Å². The number of benzene rings is 1. The Morgan fingerprint density at radius 2 is 1.88 bits per heavy atom. The highest BCUT2D eigenvalue weighted by molar-refractivity contribution is 9.11. The summed E-state index contributed by atoms with van der Waals surface area (Å²) in [6.45, 7) is 2.91. The van der Waals surface area contributed by atoms with Gasteiger partial charge in [0.1, 0.15) is 11.5 Å². The molecular formula is C12H16Br2O2. The van der Waals surface area contributed by atoms with Crippen LogP contribution in [0.25, 0.3) is 0 Å². The predicted octanol–water partition coefficient (Wildman–Crippen LogP) is 4.88. The van der Waals surface area contributed by atoms with Gasteiger partial charge in [0.15, 0.2) is 0 Å². The highest BCUT2D eigenvalue weighted by Crippen LogP contribution is 2.35. The molecule has 1 rings (SSSR count). The van der Waals surface area contributed by atoms with Crippen molar-refractivity contribution in [3.63, 3.8) is 0 Å². The van der Waals surface area contributed by atoms with Gasteiger partial charge in [-0.1, -0.05) is 26.2 Å². The van der Waals surface area contributed by atoms with E-state index in [9.17, 15) is 5.11 Å². The molecule has 0 aliphatic rings. The summed E-state index contributed by atoms with van der Waals surface area (Å²) in [5, 5.41) is 9.43. The summed E-state index contributed by atoms with van der Waals surface area (Å²) >= 11 is 6.62. The molecule has 0 spiro atoms. The average Bonchev–Trinajstić information content (AvgIpc) is 2.25. The Morgan fingerprint density at radius 3 is 2.56 bits per heavy atom.